The van der Waals surface area contributed by atoms with Gasteiger partial charge in [-0.3, -0.25) is 10.1 Å². The number of amides is 1. The summed E-state index contributed by atoms with van der Waals surface area (Å²) >= 11 is 0. The van der Waals surface area contributed by atoms with Gasteiger partial charge in [-0.1, -0.05) is 6.92 Å². The topological polar surface area (TPSA) is 76.1 Å². The molecule has 1 aromatic heterocycles. The average Bonchev–Trinajstić information content (AvgIpc) is 2.47. The van der Waals surface area contributed by atoms with Gasteiger partial charge in [-0.25, -0.2) is 4.98 Å². The number of nitrogens with one attached hydrogen (secondary N) is 2. The Kier molecular flexibility index (Phi) is 4.54. The molecule has 1 aromatic rings. The molecule has 2 heterocycles. The lowest BCUT2D eigenvalue weighted by atomic mass is 9.77. The molecule has 2 N–H and O–H groups in total. The summed E-state index contributed by atoms with van der Waals surface area (Å²) in [5, 5.41) is 6.14. The summed E-state index contributed by atoms with van der Waals surface area (Å²) < 4.78 is 5.10. The first-order valence-corrected chi connectivity index (χ1v) is 7.01. The van der Waals surface area contributed by atoms with Crippen molar-refractivity contribution in [3.63, 3.8) is 0 Å². The number of anilines is 1. The molecule has 1 aliphatic heterocycles. The molecule has 2 rings (SSSR count). The molecule has 0 bridgehead atoms. The van der Waals surface area contributed by atoms with Gasteiger partial charge in [-0.05, 0) is 32.7 Å². The van der Waals surface area contributed by atoms with Crippen LogP contribution in [0.15, 0.2) is 6.07 Å². The number of nitrogens with zero attached hydrogens (tertiary/aromatic N) is 2. The van der Waals surface area contributed by atoms with Crippen molar-refractivity contribution in [1.29, 1.82) is 0 Å². The van der Waals surface area contributed by atoms with Gasteiger partial charge in [0.2, 0.25) is 17.7 Å². The highest BCUT2D eigenvalue weighted by Crippen LogP contribution is 2.31. The van der Waals surface area contributed by atoms with E-state index in [1.807, 2.05) is 13.8 Å². The van der Waals surface area contributed by atoms with Gasteiger partial charge in [0.1, 0.15) is 0 Å². The summed E-state index contributed by atoms with van der Waals surface area (Å²) in [5.74, 6) is 0.755. The number of ether oxygens (including phenoxy) is 1. The molecular weight excluding hydrogens is 256 g/mol. The molecule has 6 heteroatoms. The van der Waals surface area contributed by atoms with Crippen molar-refractivity contribution in [3.8, 4) is 5.88 Å². The van der Waals surface area contributed by atoms with E-state index < -0.39 is 0 Å². The molecule has 20 heavy (non-hydrogen) atoms. The largest absolute Gasteiger partial charge is 0.481 e. The van der Waals surface area contributed by atoms with Gasteiger partial charge in [0.25, 0.3) is 0 Å². The van der Waals surface area contributed by atoms with Crippen molar-refractivity contribution >= 4 is 11.9 Å². The van der Waals surface area contributed by atoms with E-state index in [1.54, 1.807) is 13.2 Å². The molecule has 1 atom stereocenters. The Bertz CT molecular complexity index is 484. The highest BCUT2D eigenvalue weighted by molar-refractivity contribution is 5.94. The minimum absolute atomic E-state index is 0.0140. The third-order valence-electron chi connectivity index (χ3n) is 3.90. The maximum absolute atomic E-state index is 12.6. The highest BCUT2D eigenvalue weighted by Gasteiger charge is 2.38. The molecular formula is C14H22N4O2. The zero-order valence-electron chi connectivity index (χ0n) is 12.3. The maximum Gasteiger partial charge on any atom is 0.234 e. The highest BCUT2D eigenvalue weighted by atomic mass is 16.5. The normalized spacial score (nSPS) is 22.4. The smallest absolute Gasteiger partial charge is 0.234 e. The van der Waals surface area contributed by atoms with E-state index in [2.05, 4.69) is 20.6 Å². The van der Waals surface area contributed by atoms with Crippen LogP contribution in [0.1, 0.15) is 31.9 Å². The Morgan fingerprint density at radius 1 is 1.55 bits per heavy atom. The lowest BCUT2D eigenvalue weighted by Gasteiger charge is -2.35. The molecule has 0 aliphatic carbocycles. The van der Waals surface area contributed by atoms with Crippen LogP contribution in [0.2, 0.25) is 0 Å². The van der Waals surface area contributed by atoms with Crippen LogP contribution in [-0.4, -0.2) is 36.1 Å². The molecule has 1 unspecified atom stereocenters. The summed E-state index contributed by atoms with van der Waals surface area (Å²) in [5.41, 5.74) is 0.401. The third-order valence-corrected chi connectivity index (χ3v) is 3.90. The van der Waals surface area contributed by atoms with Crippen molar-refractivity contribution in [3.05, 3.63) is 11.8 Å². The van der Waals surface area contributed by atoms with Crippen LogP contribution < -0.4 is 15.4 Å². The van der Waals surface area contributed by atoms with Crippen molar-refractivity contribution in [1.82, 2.24) is 15.3 Å². The predicted octanol–water partition coefficient (Wildman–Crippen LogP) is 1.51. The van der Waals surface area contributed by atoms with E-state index in [-0.39, 0.29) is 11.3 Å². The maximum atomic E-state index is 12.6. The molecule has 1 saturated heterocycles. The Balaban J connectivity index is 2.15. The number of rotatable bonds is 4. The van der Waals surface area contributed by atoms with E-state index in [9.17, 15) is 4.79 Å². The number of hydrogen-bond acceptors (Lipinski definition) is 5. The summed E-state index contributed by atoms with van der Waals surface area (Å²) in [6.07, 6.45) is 2.71. The van der Waals surface area contributed by atoms with Gasteiger partial charge in [-0.2, -0.15) is 4.98 Å². The Morgan fingerprint density at radius 2 is 2.35 bits per heavy atom. The van der Waals surface area contributed by atoms with Gasteiger partial charge in [0.05, 0.1) is 12.5 Å². The molecule has 0 saturated carbocycles. The Labute approximate surface area is 119 Å². The SMILES string of the molecule is CCC1(C(=O)Nc2nc(C)cc(OC)n2)CCCNC1. The summed E-state index contributed by atoms with van der Waals surface area (Å²) in [6.45, 7) is 5.57. The van der Waals surface area contributed by atoms with Crippen LogP contribution >= 0.6 is 0 Å². The molecule has 1 aliphatic rings. The minimum Gasteiger partial charge on any atom is -0.481 e. The fourth-order valence-corrected chi connectivity index (χ4v) is 2.56. The summed E-state index contributed by atoms with van der Waals surface area (Å²) in [4.78, 5) is 21.0. The lowest BCUT2D eigenvalue weighted by molar-refractivity contribution is -0.126. The van der Waals surface area contributed by atoms with Gasteiger partial charge in [-0.15, -0.1) is 0 Å². The van der Waals surface area contributed by atoms with Gasteiger partial charge in [0, 0.05) is 18.3 Å². The van der Waals surface area contributed by atoms with E-state index in [0.29, 0.717) is 18.4 Å². The zero-order chi connectivity index (χ0) is 14.6. The van der Waals surface area contributed by atoms with Gasteiger partial charge in [0.15, 0.2) is 0 Å². The number of piperidine rings is 1. The van der Waals surface area contributed by atoms with E-state index in [0.717, 1.165) is 31.5 Å². The number of aryl methyl sites for hydroxylation is 1. The van der Waals surface area contributed by atoms with Crippen LogP contribution in [0.5, 0.6) is 5.88 Å². The van der Waals surface area contributed by atoms with E-state index in [4.69, 9.17) is 4.74 Å². The fourth-order valence-electron chi connectivity index (χ4n) is 2.56. The average molecular weight is 278 g/mol. The predicted molar refractivity (Wildman–Crippen MR) is 76.8 cm³/mol. The Morgan fingerprint density at radius 3 is 2.95 bits per heavy atom. The summed E-state index contributed by atoms with van der Waals surface area (Å²) in [6, 6.07) is 1.73. The van der Waals surface area contributed by atoms with E-state index in [1.165, 1.54) is 0 Å². The fraction of sp³-hybridized carbons (Fsp3) is 0.643. The number of hydrogen-bond donors (Lipinski definition) is 2. The van der Waals surface area contributed by atoms with Crippen LogP contribution in [0.4, 0.5) is 5.95 Å². The van der Waals surface area contributed by atoms with Crippen molar-refractivity contribution in [2.24, 2.45) is 5.41 Å². The lowest BCUT2D eigenvalue weighted by Crippen LogP contribution is -2.47. The van der Waals surface area contributed by atoms with Crippen molar-refractivity contribution < 1.29 is 9.53 Å². The first-order valence-electron chi connectivity index (χ1n) is 7.01. The van der Waals surface area contributed by atoms with Gasteiger partial charge < -0.3 is 10.1 Å². The van der Waals surface area contributed by atoms with Crippen LogP contribution in [0, 0.1) is 12.3 Å². The third kappa shape index (κ3) is 3.07. The van der Waals surface area contributed by atoms with Crippen LogP contribution in [0.3, 0.4) is 0 Å². The number of carbonyl (C=O) groups excluding carboxylic acids is 1. The Hall–Kier alpha value is -1.69. The first kappa shape index (κ1) is 14.7. The van der Waals surface area contributed by atoms with E-state index >= 15 is 0 Å². The molecule has 1 amide bonds. The van der Waals surface area contributed by atoms with Crippen molar-refractivity contribution in [2.75, 3.05) is 25.5 Å². The molecule has 110 valence electrons. The summed E-state index contributed by atoms with van der Waals surface area (Å²) in [7, 11) is 1.55. The molecule has 0 radical (unpaired) electrons. The number of aromatic nitrogens is 2. The second kappa shape index (κ2) is 6.17. The van der Waals surface area contributed by atoms with Crippen LogP contribution in [-0.2, 0) is 4.79 Å². The molecule has 6 nitrogen and oxygen atoms in total. The quantitative estimate of drug-likeness (QED) is 0.873. The molecule has 0 aromatic carbocycles. The first-order chi connectivity index (χ1) is 9.59. The molecule has 1 fully saturated rings. The number of methoxy groups -OCH3 is 1. The van der Waals surface area contributed by atoms with Gasteiger partial charge >= 0.3 is 0 Å². The monoisotopic (exact) mass is 278 g/mol. The molecule has 0 spiro atoms. The number of carbonyl (C=O) groups is 1. The second-order valence-electron chi connectivity index (χ2n) is 5.24. The minimum atomic E-state index is -0.363. The van der Waals surface area contributed by atoms with Crippen molar-refractivity contribution in [2.45, 2.75) is 33.1 Å². The standard InChI is InChI=1S/C14H22N4O2/c1-4-14(6-5-7-15-9-14)12(19)18-13-16-10(2)8-11(17-13)20-3/h8,15H,4-7,9H2,1-3H3,(H,16,17,18,19). The van der Waals surface area contributed by atoms with Crippen LogP contribution in [0.25, 0.3) is 0 Å². The zero-order valence-corrected chi connectivity index (χ0v) is 12.3. The second-order valence-corrected chi connectivity index (χ2v) is 5.24.